The number of nitrogens with one attached hydrogen (secondary N) is 2. The fourth-order valence-corrected chi connectivity index (χ4v) is 5.81. The quantitative estimate of drug-likeness (QED) is 0.255. The van der Waals surface area contributed by atoms with Gasteiger partial charge in [-0.15, -0.1) is 0 Å². The predicted octanol–water partition coefficient (Wildman–Crippen LogP) is 6.89. The van der Waals surface area contributed by atoms with Gasteiger partial charge in [0.15, 0.2) is 5.49 Å². The summed E-state index contributed by atoms with van der Waals surface area (Å²) in [6.07, 6.45) is 7.00. The molecule has 0 saturated carbocycles. The largest absolute Gasteiger partial charge is 0.360 e. The lowest BCUT2D eigenvalue weighted by Gasteiger charge is -2.28. The van der Waals surface area contributed by atoms with Crippen molar-refractivity contribution in [3.8, 4) is 0 Å². The SMILES string of the molecule is CCCCC1Nc2c(c3cc(Br)ccc3n(Cc3ccc(C)cc3CC)c2=N)N1CCCCN(C)C. The molecule has 2 aromatic carbocycles. The first-order valence-corrected chi connectivity index (χ1v) is 14.3. The Kier molecular flexibility index (Phi) is 8.78. The molecule has 1 atom stereocenters. The number of halogens is 1. The number of pyridine rings is 1. The summed E-state index contributed by atoms with van der Waals surface area (Å²) < 4.78 is 3.28. The lowest BCUT2D eigenvalue weighted by Crippen LogP contribution is -2.36. The van der Waals surface area contributed by atoms with E-state index in [0.717, 1.165) is 48.0 Å². The predicted molar refractivity (Wildman–Crippen MR) is 157 cm³/mol. The van der Waals surface area contributed by atoms with Gasteiger partial charge in [0, 0.05) is 22.9 Å². The number of benzene rings is 2. The summed E-state index contributed by atoms with van der Waals surface area (Å²) in [7, 11) is 4.29. The van der Waals surface area contributed by atoms with Gasteiger partial charge in [-0.2, -0.15) is 0 Å². The molecule has 36 heavy (non-hydrogen) atoms. The molecule has 0 amide bonds. The van der Waals surface area contributed by atoms with Crippen LogP contribution >= 0.6 is 15.9 Å². The van der Waals surface area contributed by atoms with Crippen LogP contribution in [0, 0.1) is 12.3 Å². The van der Waals surface area contributed by atoms with Crippen molar-refractivity contribution in [2.45, 2.75) is 72.0 Å². The molecular weight excluding hydrogens is 510 g/mol. The summed E-state index contributed by atoms with van der Waals surface area (Å²) in [5.74, 6) is 0. The lowest BCUT2D eigenvalue weighted by atomic mass is 10.0. The molecule has 1 aliphatic rings. The number of aryl methyl sites for hydroxylation is 2. The van der Waals surface area contributed by atoms with E-state index in [1.165, 1.54) is 47.0 Å². The van der Waals surface area contributed by atoms with E-state index in [1.807, 2.05) is 0 Å². The summed E-state index contributed by atoms with van der Waals surface area (Å²) in [5, 5.41) is 14.4. The fraction of sp³-hybridized carbons (Fsp3) is 0.500. The van der Waals surface area contributed by atoms with E-state index in [-0.39, 0.29) is 6.17 Å². The highest BCUT2D eigenvalue weighted by Crippen LogP contribution is 2.41. The second-order valence-corrected chi connectivity index (χ2v) is 11.4. The van der Waals surface area contributed by atoms with Crippen molar-refractivity contribution in [3.05, 3.63) is 63.0 Å². The van der Waals surface area contributed by atoms with Gasteiger partial charge in [0.25, 0.3) is 0 Å². The molecule has 0 bridgehead atoms. The van der Waals surface area contributed by atoms with Gasteiger partial charge < -0.3 is 19.7 Å². The Balaban J connectivity index is 1.81. The average molecular weight is 553 g/mol. The zero-order chi connectivity index (χ0) is 25.8. The number of nitrogens with zero attached hydrogens (tertiary/aromatic N) is 3. The monoisotopic (exact) mass is 551 g/mol. The number of unbranched alkanes of at least 4 members (excludes halogenated alkanes) is 2. The van der Waals surface area contributed by atoms with Crippen molar-refractivity contribution in [2.75, 3.05) is 37.4 Å². The molecule has 194 valence electrons. The molecule has 0 saturated heterocycles. The topological polar surface area (TPSA) is 47.3 Å². The summed E-state index contributed by atoms with van der Waals surface area (Å²) in [5.41, 5.74) is 7.86. The fourth-order valence-electron chi connectivity index (χ4n) is 5.45. The average Bonchev–Trinajstić information content (AvgIpc) is 3.22. The molecule has 1 aliphatic heterocycles. The number of hydrogen-bond donors (Lipinski definition) is 2. The molecule has 0 radical (unpaired) electrons. The second kappa shape index (κ2) is 11.8. The van der Waals surface area contributed by atoms with Gasteiger partial charge in [0.1, 0.15) is 5.69 Å². The van der Waals surface area contributed by atoms with Crippen molar-refractivity contribution < 1.29 is 0 Å². The minimum atomic E-state index is 0.243. The number of rotatable bonds is 11. The Morgan fingerprint density at radius 3 is 2.56 bits per heavy atom. The van der Waals surface area contributed by atoms with Gasteiger partial charge >= 0.3 is 0 Å². The van der Waals surface area contributed by atoms with Crippen LogP contribution in [0.5, 0.6) is 0 Å². The van der Waals surface area contributed by atoms with Crippen LogP contribution in [-0.4, -0.2) is 42.8 Å². The summed E-state index contributed by atoms with van der Waals surface area (Å²) in [6.45, 7) is 9.45. The van der Waals surface area contributed by atoms with Crippen LogP contribution in [-0.2, 0) is 13.0 Å². The van der Waals surface area contributed by atoms with Gasteiger partial charge in [-0.05, 0) is 89.0 Å². The van der Waals surface area contributed by atoms with Gasteiger partial charge in [0.05, 0.1) is 17.4 Å². The van der Waals surface area contributed by atoms with Gasteiger partial charge in [-0.25, -0.2) is 0 Å². The third-order valence-electron chi connectivity index (χ3n) is 7.38. The van der Waals surface area contributed by atoms with Gasteiger partial charge in [-0.3, -0.25) is 5.41 Å². The number of hydrogen-bond acceptors (Lipinski definition) is 4. The first-order chi connectivity index (χ1) is 17.3. The number of anilines is 2. The van der Waals surface area contributed by atoms with Crippen molar-refractivity contribution >= 4 is 38.2 Å². The summed E-state index contributed by atoms with van der Waals surface area (Å²) in [6, 6.07) is 13.3. The maximum atomic E-state index is 9.36. The Morgan fingerprint density at radius 2 is 1.83 bits per heavy atom. The molecule has 6 heteroatoms. The van der Waals surface area contributed by atoms with Crippen LogP contribution in [0.1, 0.15) is 62.6 Å². The first-order valence-electron chi connectivity index (χ1n) is 13.5. The standard InChI is InChI=1S/C30H42BrN5/c1-6-8-11-27-33-28-29(35(27)17-10-9-16-34(4)5)25-19-24(31)14-15-26(25)36(30(28)32)20-23-13-12-21(3)18-22(23)7-2/h12-15,18-19,27,32-33H,6-11,16-17,20H2,1-5H3. The molecular formula is C30H42BrN5. The molecule has 4 rings (SSSR count). The van der Waals surface area contributed by atoms with E-state index in [2.05, 4.69) is 107 Å². The smallest absolute Gasteiger partial charge is 0.151 e. The van der Waals surface area contributed by atoms with Crippen molar-refractivity contribution in [2.24, 2.45) is 0 Å². The zero-order valence-corrected chi connectivity index (χ0v) is 24.2. The maximum Gasteiger partial charge on any atom is 0.151 e. The van der Waals surface area contributed by atoms with Gasteiger partial charge in [0.2, 0.25) is 0 Å². The molecule has 3 aromatic rings. The Labute approximate surface area is 225 Å². The van der Waals surface area contributed by atoms with Crippen molar-refractivity contribution in [3.63, 3.8) is 0 Å². The van der Waals surface area contributed by atoms with Crippen molar-refractivity contribution in [1.29, 1.82) is 5.41 Å². The minimum absolute atomic E-state index is 0.243. The maximum absolute atomic E-state index is 9.36. The van der Waals surface area contributed by atoms with Crippen LogP contribution < -0.4 is 15.7 Å². The van der Waals surface area contributed by atoms with E-state index in [1.54, 1.807) is 0 Å². The zero-order valence-electron chi connectivity index (χ0n) is 22.6. The van der Waals surface area contributed by atoms with E-state index in [9.17, 15) is 5.41 Å². The number of fused-ring (bicyclic) bond motifs is 3. The minimum Gasteiger partial charge on any atom is -0.360 e. The van der Waals surface area contributed by atoms with Crippen molar-refractivity contribution in [1.82, 2.24) is 9.47 Å². The van der Waals surface area contributed by atoms with Crippen LogP contribution in [0.4, 0.5) is 11.4 Å². The lowest BCUT2D eigenvalue weighted by molar-refractivity contribution is 0.393. The van der Waals surface area contributed by atoms with Gasteiger partial charge in [-0.1, -0.05) is 60.0 Å². The second-order valence-electron chi connectivity index (χ2n) is 10.5. The molecule has 0 fully saturated rings. The van der Waals surface area contributed by atoms with E-state index in [4.69, 9.17) is 0 Å². The van der Waals surface area contributed by atoms with Crippen LogP contribution in [0.25, 0.3) is 10.9 Å². The third kappa shape index (κ3) is 5.65. The van der Waals surface area contributed by atoms with Crippen LogP contribution in [0.2, 0.25) is 0 Å². The highest BCUT2D eigenvalue weighted by molar-refractivity contribution is 9.10. The molecule has 2 heterocycles. The normalized spacial score (nSPS) is 15.1. The highest BCUT2D eigenvalue weighted by Gasteiger charge is 2.32. The molecule has 0 spiro atoms. The molecule has 1 aromatic heterocycles. The molecule has 0 aliphatic carbocycles. The van der Waals surface area contributed by atoms with E-state index < -0.39 is 0 Å². The molecule has 1 unspecified atom stereocenters. The molecule has 5 nitrogen and oxygen atoms in total. The van der Waals surface area contributed by atoms with Crippen LogP contribution in [0.3, 0.4) is 0 Å². The Morgan fingerprint density at radius 1 is 1.03 bits per heavy atom. The Bertz CT molecular complexity index is 1260. The summed E-state index contributed by atoms with van der Waals surface area (Å²) >= 11 is 3.74. The summed E-state index contributed by atoms with van der Waals surface area (Å²) in [4.78, 5) is 4.82. The third-order valence-corrected chi connectivity index (χ3v) is 7.87. The molecule has 2 N–H and O–H groups in total. The van der Waals surface area contributed by atoms with E-state index >= 15 is 0 Å². The Hall–Kier alpha value is -2.31. The number of aromatic nitrogens is 1. The van der Waals surface area contributed by atoms with Crippen LogP contribution in [0.15, 0.2) is 40.9 Å². The van der Waals surface area contributed by atoms with E-state index in [0.29, 0.717) is 12.0 Å². The highest BCUT2D eigenvalue weighted by atomic mass is 79.9. The first kappa shape index (κ1) is 26.7.